The second-order valence-electron chi connectivity index (χ2n) is 4.57. The molecule has 0 atom stereocenters. The van der Waals surface area contributed by atoms with Gasteiger partial charge in [-0.1, -0.05) is 46.4 Å². The molecule has 0 spiro atoms. The van der Waals surface area contributed by atoms with Gasteiger partial charge in [0, 0.05) is 0 Å². The number of pyridine rings is 1. The topological polar surface area (TPSA) is 85.6 Å². The number of amides is 1. The van der Waals surface area contributed by atoms with Gasteiger partial charge in [0.1, 0.15) is 23.0 Å². The Hall–Kier alpha value is -2.00. The van der Waals surface area contributed by atoms with E-state index in [2.05, 4.69) is 25.8 Å². The van der Waals surface area contributed by atoms with E-state index in [9.17, 15) is 9.18 Å². The average molecular weight is 422 g/mol. The Labute approximate surface area is 159 Å². The molecule has 3 rings (SSSR count). The zero-order chi connectivity index (χ0) is 18.1. The maximum Gasteiger partial charge on any atom is 0.276 e. The van der Waals surface area contributed by atoms with E-state index in [0.717, 1.165) is 6.07 Å². The van der Waals surface area contributed by atoms with Crippen molar-refractivity contribution in [2.24, 2.45) is 0 Å². The summed E-state index contributed by atoms with van der Waals surface area (Å²) in [5.74, 6) is -1.51. The Morgan fingerprint density at radius 1 is 1.12 bits per heavy atom. The molecule has 1 aromatic carbocycles. The number of rotatable bonds is 3. The highest BCUT2D eigenvalue weighted by molar-refractivity contribution is 6.52. The minimum absolute atomic E-state index is 0.0863. The molecule has 0 aliphatic rings. The molecule has 0 radical (unpaired) electrons. The first kappa shape index (κ1) is 17.8. The highest BCUT2D eigenvalue weighted by atomic mass is 35.5. The smallest absolute Gasteiger partial charge is 0.276 e. The fraction of sp³-hybridized carbons (Fsp3) is 0. The van der Waals surface area contributed by atoms with Crippen molar-refractivity contribution in [1.82, 2.24) is 25.2 Å². The molecular weight excluding hydrogens is 417 g/mol. The predicted octanol–water partition coefficient (Wildman–Crippen LogP) is 4.06. The summed E-state index contributed by atoms with van der Waals surface area (Å²) in [6.45, 7) is 0. The third-order valence-electron chi connectivity index (χ3n) is 3.01. The van der Waals surface area contributed by atoms with E-state index in [1.807, 2.05) is 0 Å². The summed E-state index contributed by atoms with van der Waals surface area (Å²) >= 11 is 23.4. The van der Waals surface area contributed by atoms with Crippen molar-refractivity contribution in [3.05, 3.63) is 56.3 Å². The minimum Gasteiger partial charge on any atom is -0.318 e. The van der Waals surface area contributed by atoms with Crippen LogP contribution in [0.5, 0.6) is 0 Å². The first-order valence-electron chi connectivity index (χ1n) is 6.42. The van der Waals surface area contributed by atoms with Crippen LogP contribution in [0.2, 0.25) is 20.2 Å². The van der Waals surface area contributed by atoms with E-state index >= 15 is 0 Å². The van der Waals surface area contributed by atoms with E-state index in [1.165, 1.54) is 23.1 Å². The minimum atomic E-state index is -0.821. The van der Waals surface area contributed by atoms with Gasteiger partial charge < -0.3 is 5.32 Å². The van der Waals surface area contributed by atoms with Crippen LogP contribution >= 0.6 is 46.4 Å². The van der Waals surface area contributed by atoms with Crippen molar-refractivity contribution in [1.29, 1.82) is 0 Å². The number of tetrazole rings is 1. The number of carbonyl (C=O) groups is 1. The third-order valence-corrected chi connectivity index (χ3v) is 4.69. The summed E-state index contributed by atoms with van der Waals surface area (Å²) in [7, 11) is 0. The number of halogens is 5. The number of hydrogen-bond donors (Lipinski definition) is 1. The second kappa shape index (κ2) is 7.09. The molecule has 0 saturated carbocycles. The summed E-state index contributed by atoms with van der Waals surface area (Å²) in [4.78, 5) is 16.1. The van der Waals surface area contributed by atoms with Crippen LogP contribution in [0.15, 0.2) is 24.5 Å². The van der Waals surface area contributed by atoms with E-state index in [-0.39, 0.29) is 31.6 Å². The molecule has 3 aromatic rings. The molecular formula is C13H5Cl4FN6O. The molecule has 12 heteroatoms. The molecule has 128 valence electrons. The number of anilines is 1. The van der Waals surface area contributed by atoms with Crippen LogP contribution in [-0.2, 0) is 0 Å². The SMILES string of the molecule is O=C(Nc1cc(-n2cnnn2)ccc1F)c1nc(Cl)c(Cl)c(Cl)c1Cl. The van der Waals surface area contributed by atoms with Gasteiger partial charge in [-0.05, 0) is 28.6 Å². The number of carbonyl (C=O) groups excluding carboxylic acids is 1. The van der Waals surface area contributed by atoms with Crippen LogP contribution < -0.4 is 5.32 Å². The van der Waals surface area contributed by atoms with E-state index < -0.39 is 11.7 Å². The molecule has 0 unspecified atom stereocenters. The number of nitrogens with zero attached hydrogens (tertiary/aromatic N) is 5. The molecule has 0 aliphatic heterocycles. The van der Waals surface area contributed by atoms with Gasteiger partial charge in [-0.2, -0.15) is 0 Å². The highest BCUT2D eigenvalue weighted by Gasteiger charge is 2.21. The standard InChI is InChI=1S/C13H5Cl4FN6O/c14-8-9(15)11(21-12(17)10(8)16)13(25)20-7-3-5(1-2-6(7)18)24-4-19-22-23-24/h1-4H,(H,20,25). The van der Waals surface area contributed by atoms with Crippen molar-refractivity contribution in [2.75, 3.05) is 5.32 Å². The summed E-state index contributed by atoms with van der Waals surface area (Å²) in [6.07, 6.45) is 1.32. The predicted molar refractivity (Wildman–Crippen MR) is 91.3 cm³/mol. The molecule has 2 heterocycles. The fourth-order valence-electron chi connectivity index (χ4n) is 1.85. The van der Waals surface area contributed by atoms with Crippen LogP contribution in [0, 0.1) is 5.82 Å². The van der Waals surface area contributed by atoms with Crippen molar-refractivity contribution in [3.63, 3.8) is 0 Å². The van der Waals surface area contributed by atoms with E-state index in [1.54, 1.807) is 0 Å². The van der Waals surface area contributed by atoms with Crippen molar-refractivity contribution < 1.29 is 9.18 Å². The Balaban J connectivity index is 1.95. The van der Waals surface area contributed by atoms with Crippen LogP contribution in [0.3, 0.4) is 0 Å². The largest absolute Gasteiger partial charge is 0.318 e. The molecule has 1 amide bonds. The average Bonchev–Trinajstić information content (AvgIpc) is 3.12. The highest BCUT2D eigenvalue weighted by Crippen LogP contribution is 2.36. The lowest BCUT2D eigenvalue weighted by molar-refractivity contribution is 0.102. The van der Waals surface area contributed by atoms with Gasteiger partial charge >= 0.3 is 0 Å². The van der Waals surface area contributed by atoms with Crippen LogP contribution in [-0.4, -0.2) is 31.1 Å². The van der Waals surface area contributed by atoms with E-state index in [0.29, 0.717) is 5.69 Å². The van der Waals surface area contributed by atoms with Gasteiger partial charge in [0.25, 0.3) is 5.91 Å². The Morgan fingerprint density at radius 3 is 2.56 bits per heavy atom. The zero-order valence-electron chi connectivity index (χ0n) is 11.8. The van der Waals surface area contributed by atoms with Gasteiger partial charge in [-0.25, -0.2) is 14.1 Å². The normalized spacial score (nSPS) is 10.8. The van der Waals surface area contributed by atoms with Gasteiger partial charge in [-0.15, -0.1) is 5.10 Å². The fourth-order valence-corrected chi connectivity index (χ4v) is 2.66. The maximum atomic E-state index is 14.0. The van der Waals surface area contributed by atoms with Crippen LogP contribution in [0.25, 0.3) is 5.69 Å². The van der Waals surface area contributed by atoms with Gasteiger partial charge in [-0.3, -0.25) is 4.79 Å². The monoisotopic (exact) mass is 420 g/mol. The summed E-state index contributed by atoms with van der Waals surface area (Å²) < 4.78 is 15.3. The molecule has 0 saturated heterocycles. The second-order valence-corrected chi connectivity index (χ2v) is 6.06. The lowest BCUT2D eigenvalue weighted by Gasteiger charge is -2.10. The van der Waals surface area contributed by atoms with Crippen LogP contribution in [0.4, 0.5) is 10.1 Å². The first-order valence-corrected chi connectivity index (χ1v) is 7.94. The lowest BCUT2D eigenvalue weighted by Crippen LogP contribution is -2.16. The first-order chi connectivity index (χ1) is 11.9. The summed E-state index contributed by atoms with van der Waals surface area (Å²) in [5.41, 5.74) is -0.0146. The maximum absolute atomic E-state index is 14.0. The number of hydrogen-bond acceptors (Lipinski definition) is 5. The third kappa shape index (κ3) is 3.52. The summed E-state index contributed by atoms with van der Waals surface area (Å²) in [6, 6.07) is 3.91. The molecule has 7 nitrogen and oxygen atoms in total. The number of aromatic nitrogens is 5. The summed E-state index contributed by atoms with van der Waals surface area (Å²) in [5, 5.41) is 12.4. The molecule has 25 heavy (non-hydrogen) atoms. The Morgan fingerprint density at radius 2 is 1.88 bits per heavy atom. The van der Waals surface area contributed by atoms with Crippen molar-refractivity contribution in [2.45, 2.75) is 0 Å². The van der Waals surface area contributed by atoms with E-state index in [4.69, 9.17) is 46.4 Å². The molecule has 1 N–H and O–H groups in total. The van der Waals surface area contributed by atoms with Crippen LogP contribution in [0.1, 0.15) is 10.5 Å². The zero-order valence-corrected chi connectivity index (χ0v) is 14.9. The van der Waals surface area contributed by atoms with Gasteiger partial charge in [0.05, 0.1) is 26.4 Å². The van der Waals surface area contributed by atoms with Gasteiger partial charge in [0.2, 0.25) is 0 Å². The number of benzene rings is 1. The Kier molecular flexibility index (Phi) is 5.05. The Bertz CT molecular complexity index is 966. The molecule has 2 aromatic heterocycles. The number of nitrogens with one attached hydrogen (secondary N) is 1. The van der Waals surface area contributed by atoms with Gasteiger partial charge in [0.15, 0.2) is 0 Å². The molecule has 0 fully saturated rings. The molecule has 0 aliphatic carbocycles. The molecule has 0 bridgehead atoms. The van der Waals surface area contributed by atoms with Crippen molar-refractivity contribution >= 4 is 58.0 Å². The van der Waals surface area contributed by atoms with Crippen molar-refractivity contribution in [3.8, 4) is 5.69 Å². The lowest BCUT2D eigenvalue weighted by atomic mass is 10.2. The quantitative estimate of drug-likeness (QED) is 0.644.